The van der Waals surface area contributed by atoms with E-state index >= 15 is 0 Å². The molecule has 21 heavy (non-hydrogen) atoms. The molecule has 1 aliphatic rings. The van der Waals surface area contributed by atoms with Crippen molar-refractivity contribution in [3.05, 3.63) is 29.8 Å². The van der Waals surface area contributed by atoms with Gasteiger partial charge in [0.2, 0.25) is 0 Å². The number of nitrogens with zero attached hydrogens (tertiary/aromatic N) is 1. The second-order valence-electron chi connectivity index (χ2n) is 4.62. The van der Waals surface area contributed by atoms with E-state index in [9.17, 15) is 9.59 Å². The average Bonchev–Trinajstić information content (AvgIpc) is 2.54. The second kappa shape index (κ2) is 7.61. The lowest BCUT2D eigenvalue weighted by Gasteiger charge is -2.27. The first-order chi connectivity index (χ1) is 10.2. The molecule has 7 heteroatoms. The van der Waals surface area contributed by atoms with Crippen LogP contribution in [0, 0.1) is 0 Å². The maximum Gasteiger partial charge on any atom is 0.322 e. The van der Waals surface area contributed by atoms with E-state index in [2.05, 4.69) is 10.6 Å². The minimum atomic E-state index is -0.252. The molecule has 1 aromatic rings. The Labute approximate surface area is 123 Å². The summed E-state index contributed by atoms with van der Waals surface area (Å²) in [7, 11) is 0. The predicted octanol–water partition coefficient (Wildman–Crippen LogP) is 0.239. The molecule has 4 N–H and O–H groups in total. The minimum absolute atomic E-state index is 0.225. The van der Waals surface area contributed by atoms with Gasteiger partial charge in [-0.1, -0.05) is 12.1 Å². The lowest BCUT2D eigenvalue weighted by atomic mass is 10.1. The van der Waals surface area contributed by atoms with E-state index < -0.39 is 0 Å². The average molecular weight is 292 g/mol. The van der Waals surface area contributed by atoms with Gasteiger partial charge in [-0.2, -0.15) is 0 Å². The Morgan fingerprint density at radius 2 is 1.95 bits per heavy atom. The molecule has 3 amide bonds. The van der Waals surface area contributed by atoms with Crippen molar-refractivity contribution in [2.24, 2.45) is 5.73 Å². The summed E-state index contributed by atoms with van der Waals surface area (Å²) in [6.45, 7) is 2.93. The van der Waals surface area contributed by atoms with Crippen LogP contribution in [-0.4, -0.2) is 56.2 Å². The number of amides is 3. The number of morpholine rings is 1. The van der Waals surface area contributed by atoms with E-state index in [1.165, 1.54) is 0 Å². The minimum Gasteiger partial charge on any atom is -0.378 e. The van der Waals surface area contributed by atoms with Gasteiger partial charge in [0.15, 0.2) is 0 Å². The maximum atomic E-state index is 12.2. The number of para-hydroxylation sites is 1. The number of hydrogen-bond acceptors (Lipinski definition) is 4. The van der Waals surface area contributed by atoms with Gasteiger partial charge in [0.05, 0.1) is 24.5 Å². The Morgan fingerprint density at radius 1 is 1.24 bits per heavy atom. The summed E-state index contributed by atoms with van der Waals surface area (Å²) in [4.78, 5) is 25.9. The Morgan fingerprint density at radius 3 is 2.67 bits per heavy atom. The summed E-state index contributed by atoms with van der Waals surface area (Å²) >= 11 is 0. The van der Waals surface area contributed by atoms with Gasteiger partial charge in [-0.15, -0.1) is 0 Å². The third-order valence-corrected chi connectivity index (χ3v) is 3.14. The summed E-state index contributed by atoms with van der Waals surface area (Å²) in [5.74, 6) is -0.252. The first-order valence-corrected chi connectivity index (χ1v) is 6.93. The molecule has 0 aromatic heterocycles. The lowest BCUT2D eigenvalue weighted by molar-refractivity contribution is 0.0564. The first kappa shape index (κ1) is 15.3. The Kier molecular flexibility index (Phi) is 5.53. The third kappa shape index (κ3) is 4.17. The van der Waals surface area contributed by atoms with Gasteiger partial charge >= 0.3 is 6.03 Å². The fraction of sp³-hybridized carbons (Fsp3) is 0.429. The molecule has 1 aromatic carbocycles. The van der Waals surface area contributed by atoms with Crippen LogP contribution < -0.4 is 16.4 Å². The monoisotopic (exact) mass is 292 g/mol. The molecule has 0 unspecified atom stereocenters. The highest BCUT2D eigenvalue weighted by Gasteiger charge is 2.19. The van der Waals surface area contributed by atoms with E-state index in [0.717, 1.165) is 0 Å². The molecule has 0 aliphatic carbocycles. The van der Waals surface area contributed by atoms with Crippen molar-refractivity contribution in [3.8, 4) is 0 Å². The van der Waals surface area contributed by atoms with Crippen LogP contribution in [0.3, 0.4) is 0 Å². The Hall–Kier alpha value is -2.12. The molecule has 1 heterocycles. The number of ether oxygens (including phenoxy) is 1. The van der Waals surface area contributed by atoms with E-state index in [0.29, 0.717) is 50.6 Å². The van der Waals surface area contributed by atoms with Gasteiger partial charge in [-0.05, 0) is 12.1 Å². The lowest BCUT2D eigenvalue weighted by Crippen LogP contribution is -2.43. The van der Waals surface area contributed by atoms with Gasteiger partial charge in [-0.3, -0.25) is 4.79 Å². The van der Waals surface area contributed by atoms with E-state index in [1.54, 1.807) is 29.2 Å². The molecule has 7 nitrogen and oxygen atoms in total. The number of urea groups is 1. The fourth-order valence-corrected chi connectivity index (χ4v) is 2.03. The van der Waals surface area contributed by atoms with Crippen LogP contribution in [0.5, 0.6) is 0 Å². The number of benzene rings is 1. The summed E-state index contributed by atoms with van der Waals surface area (Å²) < 4.78 is 5.21. The number of nitrogens with two attached hydrogens (primary N) is 1. The van der Waals surface area contributed by atoms with Crippen LogP contribution in [0.25, 0.3) is 0 Å². The number of carbonyl (C=O) groups is 2. The fourth-order valence-electron chi connectivity index (χ4n) is 2.03. The zero-order chi connectivity index (χ0) is 15.1. The van der Waals surface area contributed by atoms with Gasteiger partial charge < -0.3 is 26.0 Å². The molecular weight excluding hydrogens is 272 g/mol. The highest BCUT2D eigenvalue weighted by Crippen LogP contribution is 2.16. The number of nitrogens with one attached hydrogen (secondary N) is 2. The summed E-state index contributed by atoms with van der Waals surface area (Å²) in [5.41, 5.74) is 6.28. The van der Waals surface area contributed by atoms with Crippen LogP contribution in [0.4, 0.5) is 10.5 Å². The van der Waals surface area contributed by atoms with E-state index in [4.69, 9.17) is 10.5 Å². The zero-order valence-corrected chi connectivity index (χ0v) is 11.8. The molecular formula is C14H20N4O3. The van der Waals surface area contributed by atoms with Gasteiger partial charge in [-0.25, -0.2) is 4.79 Å². The van der Waals surface area contributed by atoms with Crippen LogP contribution in [-0.2, 0) is 4.74 Å². The van der Waals surface area contributed by atoms with Gasteiger partial charge in [0, 0.05) is 26.2 Å². The predicted molar refractivity (Wildman–Crippen MR) is 79.2 cm³/mol. The molecule has 0 radical (unpaired) electrons. The van der Waals surface area contributed by atoms with Crippen molar-refractivity contribution in [2.45, 2.75) is 0 Å². The van der Waals surface area contributed by atoms with Crippen LogP contribution in [0.1, 0.15) is 10.4 Å². The summed E-state index contributed by atoms with van der Waals surface area (Å²) in [6, 6.07) is 6.67. The third-order valence-electron chi connectivity index (χ3n) is 3.14. The smallest absolute Gasteiger partial charge is 0.322 e. The summed E-state index contributed by atoms with van der Waals surface area (Å²) in [5, 5.41) is 5.47. The number of hydrogen-bond donors (Lipinski definition) is 3. The van der Waals surface area contributed by atoms with E-state index in [-0.39, 0.29) is 11.9 Å². The quantitative estimate of drug-likeness (QED) is 0.740. The zero-order valence-electron chi connectivity index (χ0n) is 11.8. The normalized spacial score (nSPS) is 14.6. The molecule has 0 bridgehead atoms. The molecule has 1 fully saturated rings. The molecule has 0 saturated carbocycles. The van der Waals surface area contributed by atoms with Crippen molar-refractivity contribution in [1.29, 1.82) is 0 Å². The molecule has 1 aliphatic heterocycles. The highest BCUT2D eigenvalue weighted by molar-refractivity contribution is 6.03. The Bertz CT molecular complexity index is 501. The molecule has 2 rings (SSSR count). The van der Waals surface area contributed by atoms with E-state index in [1.807, 2.05) is 0 Å². The van der Waals surface area contributed by atoms with Crippen molar-refractivity contribution in [3.63, 3.8) is 0 Å². The number of carbonyl (C=O) groups excluding carboxylic acids is 2. The molecule has 0 atom stereocenters. The molecule has 114 valence electrons. The van der Waals surface area contributed by atoms with Crippen molar-refractivity contribution < 1.29 is 14.3 Å². The summed E-state index contributed by atoms with van der Waals surface area (Å²) in [6.07, 6.45) is 0. The van der Waals surface area contributed by atoms with Crippen molar-refractivity contribution in [1.82, 2.24) is 10.2 Å². The molecule has 1 saturated heterocycles. The number of rotatable bonds is 4. The number of anilines is 1. The van der Waals surface area contributed by atoms with Crippen molar-refractivity contribution in [2.75, 3.05) is 44.7 Å². The topological polar surface area (TPSA) is 96.7 Å². The van der Waals surface area contributed by atoms with Gasteiger partial charge in [0.25, 0.3) is 5.91 Å². The first-order valence-electron chi connectivity index (χ1n) is 6.93. The van der Waals surface area contributed by atoms with Crippen molar-refractivity contribution >= 4 is 17.6 Å². The standard InChI is InChI=1S/C14H20N4O3/c15-5-6-16-13(19)11-3-1-2-4-12(11)17-14(20)18-7-9-21-10-8-18/h1-4H,5-10,15H2,(H,16,19)(H,17,20). The van der Waals surface area contributed by atoms with Gasteiger partial charge in [0.1, 0.15) is 0 Å². The van der Waals surface area contributed by atoms with Crippen LogP contribution >= 0.6 is 0 Å². The Balaban J connectivity index is 2.05. The largest absolute Gasteiger partial charge is 0.378 e. The molecule has 0 spiro atoms. The second-order valence-corrected chi connectivity index (χ2v) is 4.62. The maximum absolute atomic E-state index is 12.2. The SMILES string of the molecule is NCCNC(=O)c1ccccc1NC(=O)N1CCOCC1. The van der Waals surface area contributed by atoms with Crippen LogP contribution in [0.15, 0.2) is 24.3 Å². The van der Waals surface area contributed by atoms with Crippen LogP contribution in [0.2, 0.25) is 0 Å². The highest BCUT2D eigenvalue weighted by atomic mass is 16.5.